The number of amides is 2. The van der Waals surface area contributed by atoms with Crippen molar-refractivity contribution in [2.75, 3.05) is 26.0 Å². The van der Waals surface area contributed by atoms with Gasteiger partial charge in [0.2, 0.25) is 21.8 Å². The molecule has 8 heteroatoms. The zero-order chi connectivity index (χ0) is 17.2. The number of rotatable bonds is 4. The maximum atomic E-state index is 12.8. The molecule has 1 aromatic rings. The van der Waals surface area contributed by atoms with E-state index in [1.165, 1.54) is 40.4 Å². The second kappa shape index (κ2) is 6.67. The lowest BCUT2D eigenvalue weighted by Gasteiger charge is -2.25. The van der Waals surface area contributed by atoms with Gasteiger partial charge in [-0.25, -0.2) is 8.42 Å². The Hall–Kier alpha value is -1.93. The summed E-state index contributed by atoms with van der Waals surface area (Å²) in [5.41, 5.74) is 0.527. The number of hydrogen-bond acceptors (Lipinski definition) is 4. The molecule has 2 rings (SSSR count). The molecule has 1 fully saturated rings. The van der Waals surface area contributed by atoms with Crippen LogP contribution in [0.25, 0.3) is 0 Å². The minimum Gasteiger partial charge on any atom is -0.347 e. The first kappa shape index (κ1) is 17.4. The number of hydrogen-bond donors (Lipinski definition) is 1. The van der Waals surface area contributed by atoms with Gasteiger partial charge >= 0.3 is 0 Å². The van der Waals surface area contributed by atoms with Crippen LogP contribution in [0, 0.1) is 0 Å². The highest BCUT2D eigenvalue weighted by Crippen LogP contribution is 2.27. The maximum Gasteiger partial charge on any atom is 0.243 e. The molecule has 0 bridgehead atoms. The van der Waals surface area contributed by atoms with Gasteiger partial charge in [-0.1, -0.05) is 0 Å². The van der Waals surface area contributed by atoms with Crippen LogP contribution in [0.3, 0.4) is 0 Å². The lowest BCUT2D eigenvalue weighted by molar-refractivity contribution is -0.132. The van der Waals surface area contributed by atoms with Gasteiger partial charge in [-0.05, 0) is 37.1 Å². The molecular weight excluding hydrogens is 318 g/mol. The van der Waals surface area contributed by atoms with Gasteiger partial charge in [-0.2, -0.15) is 4.31 Å². The molecule has 0 spiro atoms. The van der Waals surface area contributed by atoms with Crippen molar-refractivity contribution >= 4 is 27.5 Å². The topological polar surface area (TPSA) is 86.8 Å². The van der Waals surface area contributed by atoms with E-state index in [1.807, 2.05) is 0 Å². The summed E-state index contributed by atoms with van der Waals surface area (Å²) in [6.07, 6.45) is 1.19. The molecule has 2 amide bonds. The SMILES string of the molecule is CC(=O)Nc1ccc(S(=O)(=O)N2CCC[C@@H]2C(=O)N(C)C)cc1. The van der Waals surface area contributed by atoms with Crippen molar-refractivity contribution in [2.24, 2.45) is 0 Å². The number of benzene rings is 1. The number of sulfonamides is 1. The minimum atomic E-state index is -3.74. The molecule has 0 aromatic heterocycles. The van der Waals surface area contributed by atoms with Crippen LogP contribution in [-0.2, 0) is 19.6 Å². The number of likely N-dealkylation sites (N-methyl/N-ethyl adjacent to an activating group) is 1. The fourth-order valence-corrected chi connectivity index (χ4v) is 4.27. The average molecular weight is 339 g/mol. The third-order valence-corrected chi connectivity index (χ3v) is 5.63. The van der Waals surface area contributed by atoms with Gasteiger partial charge in [0, 0.05) is 33.3 Å². The van der Waals surface area contributed by atoms with Gasteiger partial charge in [0.15, 0.2) is 0 Å². The molecule has 0 unspecified atom stereocenters. The Balaban J connectivity index is 2.26. The molecule has 1 atom stereocenters. The van der Waals surface area contributed by atoms with E-state index in [0.29, 0.717) is 25.1 Å². The molecule has 126 valence electrons. The quantitative estimate of drug-likeness (QED) is 0.882. The number of anilines is 1. The zero-order valence-corrected chi connectivity index (χ0v) is 14.3. The second-order valence-electron chi connectivity index (χ2n) is 5.71. The summed E-state index contributed by atoms with van der Waals surface area (Å²) in [4.78, 5) is 24.7. The smallest absolute Gasteiger partial charge is 0.243 e. The van der Waals surface area contributed by atoms with Crippen LogP contribution < -0.4 is 5.32 Å². The van der Waals surface area contributed by atoms with Crippen molar-refractivity contribution in [1.29, 1.82) is 0 Å². The van der Waals surface area contributed by atoms with E-state index in [-0.39, 0.29) is 16.7 Å². The molecule has 7 nitrogen and oxygen atoms in total. The molecule has 0 saturated carbocycles. The van der Waals surface area contributed by atoms with E-state index in [0.717, 1.165) is 0 Å². The van der Waals surface area contributed by atoms with E-state index in [1.54, 1.807) is 14.1 Å². The normalized spacial score (nSPS) is 18.7. The summed E-state index contributed by atoms with van der Waals surface area (Å²) in [6.45, 7) is 1.71. The molecule has 0 radical (unpaired) electrons. The van der Waals surface area contributed by atoms with Gasteiger partial charge in [-0.15, -0.1) is 0 Å². The van der Waals surface area contributed by atoms with Crippen molar-refractivity contribution in [3.05, 3.63) is 24.3 Å². The second-order valence-corrected chi connectivity index (χ2v) is 7.60. The molecule has 0 aliphatic carbocycles. The summed E-state index contributed by atoms with van der Waals surface area (Å²) >= 11 is 0. The van der Waals surface area contributed by atoms with Gasteiger partial charge in [-0.3, -0.25) is 9.59 Å². The summed E-state index contributed by atoms with van der Waals surface area (Å²) in [5, 5.41) is 2.59. The third kappa shape index (κ3) is 3.70. The summed E-state index contributed by atoms with van der Waals surface area (Å²) in [5.74, 6) is -0.433. The van der Waals surface area contributed by atoms with Crippen molar-refractivity contribution in [2.45, 2.75) is 30.7 Å². The number of nitrogens with one attached hydrogen (secondary N) is 1. The summed E-state index contributed by atoms with van der Waals surface area (Å²) in [6, 6.07) is 5.30. The summed E-state index contributed by atoms with van der Waals surface area (Å²) in [7, 11) is -0.501. The Morgan fingerprint density at radius 2 is 1.83 bits per heavy atom. The van der Waals surface area contributed by atoms with E-state index < -0.39 is 16.1 Å². The highest BCUT2D eigenvalue weighted by Gasteiger charge is 2.39. The lowest BCUT2D eigenvalue weighted by atomic mass is 10.2. The first-order valence-electron chi connectivity index (χ1n) is 7.34. The van der Waals surface area contributed by atoms with E-state index in [9.17, 15) is 18.0 Å². The Labute approximate surface area is 136 Å². The van der Waals surface area contributed by atoms with Gasteiger partial charge in [0.1, 0.15) is 6.04 Å². The van der Waals surface area contributed by atoms with Crippen LogP contribution in [0.5, 0.6) is 0 Å². The molecule has 23 heavy (non-hydrogen) atoms. The molecule has 1 aliphatic rings. The predicted molar refractivity (Wildman–Crippen MR) is 86.4 cm³/mol. The van der Waals surface area contributed by atoms with Crippen LogP contribution in [-0.4, -0.2) is 56.1 Å². The summed E-state index contributed by atoms with van der Waals surface area (Å²) < 4.78 is 26.8. The lowest BCUT2D eigenvalue weighted by Crippen LogP contribution is -2.45. The highest BCUT2D eigenvalue weighted by atomic mass is 32.2. The van der Waals surface area contributed by atoms with E-state index >= 15 is 0 Å². The van der Waals surface area contributed by atoms with Gasteiger partial charge < -0.3 is 10.2 Å². The van der Waals surface area contributed by atoms with Crippen molar-refractivity contribution in [3.8, 4) is 0 Å². The average Bonchev–Trinajstić information content (AvgIpc) is 2.96. The van der Waals surface area contributed by atoms with Crippen LogP contribution in [0.4, 0.5) is 5.69 Å². The molecule has 1 N–H and O–H groups in total. The van der Waals surface area contributed by atoms with Crippen LogP contribution >= 0.6 is 0 Å². The first-order valence-corrected chi connectivity index (χ1v) is 8.78. The Morgan fingerprint density at radius 3 is 2.35 bits per heavy atom. The Kier molecular flexibility index (Phi) is 5.06. The highest BCUT2D eigenvalue weighted by molar-refractivity contribution is 7.89. The fourth-order valence-electron chi connectivity index (χ4n) is 2.62. The molecule has 1 saturated heterocycles. The van der Waals surface area contributed by atoms with Crippen molar-refractivity contribution in [3.63, 3.8) is 0 Å². The Bertz CT molecular complexity index is 698. The van der Waals surface area contributed by atoms with Gasteiger partial charge in [0.25, 0.3) is 0 Å². The van der Waals surface area contributed by atoms with E-state index in [4.69, 9.17) is 0 Å². The fraction of sp³-hybridized carbons (Fsp3) is 0.467. The molecule has 1 heterocycles. The van der Waals surface area contributed by atoms with Crippen molar-refractivity contribution in [1.82, 2.24) is 9.21 Å². The van der Waals surface area contributed by atoms with E-state index in [2.05, 4.69) is 5.32 Å². The van der Waals surface area contributed by atoms with Crippen molar-refractivity contribution < 1.29 is 18.0 Å². The standard InChI is InChI=1S/C15H21N3O4S/c1-11(19)16-12-6-8-13(9-7-12)23(21,22)18-10-4-5-14(18)15(20)17(2)3/h6-9,14H,4-5,10H2,1-3H3,(H,16,19)/t14-/m1/s1. The maximum absolute atomic E-state index is 12.8. The number of carbonyl (C=O) groups excluding carboxylic acids is 2. The molecular formula is C15H21N3O4S. The van der Waals surface area contributed by atoms with Crippen LogP contribution in [0.1, 0.15) is 19.8 Å². The monoisotopic (exact) mass is 339 g/mol. The van der Waals surface area contributed by atoms with Gasteiger partial charge in [0.05, 0.1) is 4.90 Å². The largest absolute Gasteiger partial charge is 0.347 e. The Morgan fingerprint density at radius 1 is 1.22 bits per heavy atom. The zero-order valence-electron chi connectivity index (χ0n) is 13.4. The number of nitrogens with zero attached hydrogens (tertiary/aromatic N) is 2. The van der Waals surface area contributed by atoms with Crippen LogP contribution in [0.2, 0.25) is 0 Å². The molecule has 1 aliphatic heterocycles. The van der Waals surface area contributed by atoms with Crippen LogP contribution in [0.15, 0.2) is 29.2 Å². The number of carbonyl (C=O) groups is 2. The third-order valence-electron chi connectivity index (χ3n) is 3.71. The minimum absolute atomic E-state index is 0.116. The molecule has 1 aromatic carbocycles. The predicted octanol–water partition coefficient (Wildman–Crippen LogP) is 0.886. The first-order chi connectivity index (χ1) is 10.7.